The van der Waals surface area contributed by atoms with E-state index in [0.717, 1.165) is 30.2 Å². The van der Waals surface area contributed by atoms with Gasteiger partial charge in [-0.05, 0) is 12.1 Å². The zero-order valence-electron chi connectivity index (χ0n) is 9.69. The smallest absolute Gasteiger partial charge is 0.248 e. The van der Waals surface area contributed by atoms with Crippen molar-refractivity contribution in [3.63, 3.8) is 0 Å². The van der Waals surface area contributed by atoms with Gasteiger partial charge in [-0.3, -0.25) is 4.79 Å². The van der Waals surface area contributed by atoms with Gasteiger partial charge in [-0.15, -0.1) is 0 Å². The van der Waals surface area contributed by atoms with E-state index in [4.69, 9.17) is 4.74 Å². The molecule has 0 aliphatic carbocycles. The number of amides is 1. The molecule has 1 atom stereocenters. The molecule has 5 heteroatoms. The van der Waals surface area contributed by atoms with E-state index in [2.05, 4.69) is 15.5 Å². The maximum absolute atomic E-state index is 12.0. The number of hydrogen-bond acceptors (Lipinski definition) is 4. The Balaban J connectivity index is 2.10. The fourth-order valence-corrected chi connectivity index (χ4v) is 2.51. The van der Waals surface area contributed by atoms with E-state index in [1.807, 2.05) is 18.2 Å². The highest BCUT2D eigenvalue weighted by atomic mass is 16.5. The zero-order chi connectivity index (χ0) is 11.8. The number of nitrogens with one attached hydrogen (secondary N) is 2. The lowest BCUT2D eigenvalue weighted by Crippen LogP contribution is -2.58. The lowest BCUT2D eigenvalue weighted by Gasteiger charge is -2.41. The summed E-state index contributed by atoms with van der Waals surface area (Å²) in [4.78, 5) is 14.1. The third-order valence-electron chi connectivity index (χ3n) is 3.31. The number of fused-ring (bicyclic) bond motifs is 3. The molecule has 1 amide bonds. The van der Waals surface area contributed by atoms with E-state index in [9.17, 15) is 4.79 Å². The maximum Gasteiger partial charge on any atom is 0.248 e. The van der Waals surface area contributed by atoms with Crippen molar-refractivity contribution in [2.75, 3.05) is 37.0 Å². The Hall–Kier alpha value is -1.75. The number of methoxy groups -OCH3 is 1. The van der Waals surface area contributed by atoms with Gasteiger partial charge in [-0.2, -0.15) is 0 Å². The summed E-state index contributed by atoms with van der Waals surface area (Å²) in [6.07, 6.45) is 0. The highest BCUT2D eigenvalue weighted by Gasteiger charge is 2.36. The predicted molar refractivity (Wildman–Crippen MR) is 65.6 cm³/mol. The monoisotopic (exact) mass is 233 g/mol. The molecule has 0 radical (unpaired) electrons. The molecule has 5 nitrogen and oxygen atoms in total. The first-order valence-electron chi connectivity index (χ1n) is 5.76. The van der Waals surface area contributed by atoms with Crippen molar-refractivity contribution in [2.24, 2.45) is 0 Å². The number of para-hydroxylation sites is 1. The van der Waals surface area contributed by atoms with Gasteiger partial charge in [0, 0.05) is 19.6 Å². The minimum atomic E-state index is -0.132. The summed E-state index contributed by atoms with van der Waals surface area (Å²) in [6.45, 7) is 2.40. The Morgan fingerprint density at radius 2 is 2.35 bits per heavy atom. The summed E-state index contributed by atoms with van der Waals surface area (Å²) < 4.78 is 5.38. The number of ether oxygens (including phenoxy) is 1. The molecule has 0 saturated carbocycles. The lowest BCUT2D eigenvalue weighted by molar-refractivity contribution is -0.117. The van der Waals surface area contributed by atoms with Gasteiger partial charge in [0.05, 0.1) is 12.8 Å². The fourth-order valence-electron chi connectivity index (χ4n) is 2.51. The maximum atomic E-state index is 12.0. The van der Waals surface area contributed by atoms with Gasteiger partial charge >= 0.3 is 0 Å². The largest absolute Gasteiger partial charge is 0.495 e. The summed E-state index contributed by atoms with van der Waals surface area (Å²) in [5.74, 6) is 0.868. The van der Waals surface area contributed by atoms with Gasteiger partial charge in [0.1, 0.15) is 17.5 Å². The van der Waals surface area contributed by atoms with E-state index in [1.165, 1.54) is 0 Å². The van der Waals surface area contributed by atoms with E-state index in [0.29, 0.717) is 6.54 Å². The molecule has 3 rings (SSSR count). The zero-order valence-corrected chi connectivity index (χ0v) is 9.69. The summed E-state index contributed by atoms with van der Waals surface area (Å²) >= 11 is 0. The molecule has 0 spiro atoms. The number of piperazine rings is 1. The van der Waals surface area contributed by atoms with Gasteiger partial charge in [0.15, 0.2) is 0 Å². The Labute approximate surface area is 99.7 Å². The number of anilines is 2. The third-order valence-corrected chi connectivity index (χ3v) is 3.31. The van der Waals surface area contributed by atoms with Crippen molar-refractivity contribution in [3.8, 4) is 5.75 Å². The van der Waals surface area contributed by atoms with Gasteiger partial charge < -0.3 is 20.3 Å². The van der Waals surface area contributed by atoms with Crippen LogP contribution in [0, 0.1) is 0 Å². The molecule has 1 fully saturated rings. The van der Waals surface area contributed by atoms with Crippen molar-refractivity contribution in [2.45, 2.75) is 6.04 Å². The van der Waals surface area contributed by atoms with Crippen LogP contribution in [0.1, 0.15) is 0 Å². The molecule has 17 heavy (non-hydrogen) atoms. The molecule has 1 aromatic rings. The Bertz CT molecular complexity index is 461. The molecule has 0 aromatic heterocycles. The summed E-state index contributed by atoms with van der Waals surface area (Å²) in [6, 6.07) is 5.59. The highest BCUT2D eigenvalue weighted by Crippen LogP contribution is 2.40. The third kappa shape index (κ3) is 1.54. The van der Waals surface area contributed by atoms with Crippen LogP contribution in [0.3, 0.4) is 0 Å². The topological polar surface area (TPSA) is 53.6 Å². The number of nitrogens with zero attached hydrogens (tertiary/aromatic N) is 1. The molecule has 2 aliphatic heterocycles. The van der Waals surface area contributed by atoms with Gasteiger partial charge in [-0.25, -0.2) is 0 Å². The van der Waals surface area contributed by atoms with Crippen molar-refractivity contribution in [1.29, 1.82) is 0 Å². The lowest BCUT2D eigenvalue weighted by atomic mass is 10.1. The molecule has 2 N–H and O–H groups in total. The number of rotatable bonds is 1. The number of carbonyl (C=O) groups excluding carboxylic acids is 1. The van der Waals surface area contributed by atoms with Crippen molar-refractivity contribution >= 4 is 17.3 Å². The first-order valence-corrected chi connectivity index (χ1v) is 5.76. The minimum Gasteiger partial charge on any atom is -0.495 e. The predicted octanol–water partition coefficient (Wildman–Crippen LogP) is 0.425. The van der Waals surface area contributed by atoms with Crippen LogP contribution in [0.5, 0.6) is 5.75 Å². The van der Waals surface area contributed by atoms with Crippen LogP contribution in [0.25, 0.3) is 0 Å². The molecule has 1 saturated heterocycles. The average Bonchev–Trinajstić information content (AvgIpc) is 2.38. The van der Waals surface area contributed by atoms with Crippen LogP contribution < -0.4 is 20.3 Å². The first kappa shape index (κ1) is 10.4. The van der Waals surface area contributed by atoms with E-state index >= 15 is 0 Å². The average molecular weight is 233 g/mol. The van der Waals surface area contributed by atoms with Crippen LogP contribution in [-0.2, 0) is 4.79 Å². The molecule has 90 valence electrons. The van der Waals surface area contributed by atoms with Gasteiger partial charge in [-0.1, -0.05) is 6.07 Å². The van der Waals surface area contributed by atoms with Gasteiger partial charge in [0.25, 0.3) is 0 Å². The second-order valence-electron chi connectivity index (χ2n) is 4.26. The Kier molecular flexibility index (Phi) is 2.40. The normalized spacial score (nSPS) is 22.5. The number of carbonyl (C=O) groups is 1. The molecule has 1 unspecified atom stereocenters. The SMILES string of the molecule is COc1cccc2c1N1CCNCC1C(=O)N2. The summed E-state index contributed by atoms with van der Waals surface area (Å²) in [5, 5.41) is 6.17. The number of benzene rings is 1. The standard InChI is InChI=1S/C12H15N3O2/c1-17-10-4-2-3-8-11(10)15-6-5-13-7-9(15)12(16)14-8/h2-4,9,13H,5-7H2,1H3,(H,14,16). The molecule has 2 aliphatic rings. The molecule has 1 aromatic carbocycles. The second-order valence-corrected chi connectivity index (χ2v) is 4.26. The van der Waals surface area contributed by atoms with E-state index in [1.54, 1.807) is 7.11 Å². The summed E-state index contributed by atoms with van der Waals surface area (Å²) in [7, 11) is 1.66. The molecule has 2 heterocycles. The highest BCUT2D eigenvalue weighted by molar-refractivity contribution is 6.05. The van der Waals surface area contributed by atoms with Crippen molar-refractivity contribution in [1.82, 2.24) is 5.32 Å². The fraction of sp³-hybridized carbons (Fsp3) is 0.417. The quantitative estimate of drug-likeness (QED) is 0.738. The Morgan fingerprint density at radius 1 is 1.47 bits per heavy atom. The van der Waals surface area contributed by atoms with Crippen LogP contribution in [0.4, 0.5) is 11.4 Å². The van der Waals surface area contributed by atoms with Crippen LogP contribution in [-0.4, -0.2) is 38.7 Å². The Morgan fingerprint density at radius 3 is 3.18 bits per heavy atom. The number of hydrogen-bond donors (Lipinski definition) is 2. The minimum absolute atomic E-state index is 0.0537. The van der Waals surface area contributed by atoms with Crippen molar-refractivity contribution in [3.05, 3.63) is 18.2 Å². The second kappa shape index (κ2) is 3.92. The van der Waals surface area contributed by atoms with E-state index in [-0.39, 0.29) is 11.9 Å². The molecular formula is C12H15N3O2. The molecule has 0 bridgehead atoms. The van der Waals surface area contributed by atoms with E-state index < -0.39 is 0 Å². The summed E-state index contributed by atoms with van der Waals surface area (Å²) in [5.41, 5.74) is 1.84. The van der Waals surface area contributed by atoms with Crippen LogP contribution >= 0.6 is 0 Å². The van der Waals surface area contributed by atoms with Crippen LogP contribution in [0.15, 0.2) is 18.2 Å². The van der Waals surface area contributed by atoms with Gasteiger partial charge in [0.2, 0.25) is 5.91 Å². The van der Waals surface area contributed by atoms with Crippen LogP contribution in [0.2, 0.25) is 0 Å². The first-order chi connectivity index (χ1) is 8.31. The van der Waals surface area contributed by atoms with Crippen molar-refractivity contribution < 1.29 is 9.53 Å². The molecular weight excluding hydrogens is 218 g/mol.